The molecule has 2 aromatic carbocycles. The van der Waals surface area contributed by atoms with E-state index in [0.29, 0.717) is 30.8 Å². The molecule has 2 heterocycles. The van der Waals surface area contributed by atoms with Crippen LogP contribution in [0.25, 0.3) is 6.08 Å². The van der Waals surface area contributed by atoms with E-state index in [9.17, 15) is 14.7 Å². The summed E-state index contributed by atoms with van der Waals surface area (Å²) in [7, 11) is 0. The lowest BCUT2D eigenvalue weighted by Gasteiger charge is -2.25. The number of phenols is 1. The SMILES string of the molecule is CCOC(=O)C1=C(C)N=c2s/c(=C/c3ccc(O)c(Br)c3)c(=O)n2[C@H]1c1ccc(OC(C)C)cc1. The van der Waals surface area contributed by atoms with E-state index in [0.717, 1.165) is 11.1 Å². The lowest BCUT2D eigenvalue weighted by molar-refractivity contribution is -0.139. The second-order valence-corrected chi connectivity index (χ2v) is 10.1. The molecule has 3 aromatic rings. The zero-order valence-corrected chi connectivity index (χ0v) is 22.1. The van der Waals surface area contributed by atoms with Crippen molar-refractivity contribution >= 4 is 39.3 Å². The molecule has 0 fully saturated rings. The fourth-order valence-corrected chi connectivity index (χ4v) is 5.32. The Labute approximate surface area is 214 Å². The fraction of sp³-hybridized carbons (Fsp3) is 0.269. The second-order valence-electron chi connectivity index (χ2n) is 8.25. The van der Waals surface area contributed by atoms with Crippen molar-refractivity contribution in [3.8, 4) is 11.5 Å². The molecule has 0 saturated carbocycles. The third kappa shape index (κ3) is 5.11. The number of carbonyl (C=O) groups is 1. The van der Waals surface area contributed by atoms with E-state index in [4.69, 9.17) is 9.47 Å². The van der Waals surface area contributed by atoms with Crippen molar-refractivity contribution in [3.63, 3.8) is 0 Å². The number of benzene rings is 2. The highest BCUT2D eigenvalue weighted by Crippen LogP contribution is 2.32. The summed E-state index contributed by atoms with van der Waals surface area (Å²) in [5, 5.41) is 9.78. The van der Waals surface area contributed by atoms with Crippen molar-refractivity contribution in [2.24, 2.45) is 4.99 Å². The molecule has 1 aliphatic rings. The van der Waals surface area contributed by atoms with E-state index in [1.807, 2.05) is 38.1 Å². The highest BCUT2D eigenvalue weighted by molar-refractivity contribution is 9.10. The molecule has 0 spiro atoms. The molecule has 1 atom stereocenters. The summed E-state index contributed by atoms with van der Waals surface area (Å²) in [6.07, 6.45) is 1.77. The molecular weight excluding hydrogens is 532 g/mol. The highest BCUT2D eigenvalue weighted by Gasteiger charge is 2.33. The first kappa shape index (κ1) is 24.9. The van der Waals surface area contributed by atoms with Crippen LogP contribution in [0.4, 0.5) is 0 Å². The first-order valence-electron chi connectivity index (χ1n) is 11.1. The minimum absolute atomic E-state index is 0.0238. The van der Waals surface area contributed by atoms with E-state index in [1.165, 1.54) is 11.3 Å². The maximum Gasteiger partial charge on any atom is 0.338 e. The van der Waals surface area contributed by atoms with Gasteiger partial charge in [-0.3, -0.25) is 9.36 Å². The van der Waals surface area contributed by atoms with E-state index in [1.54, 1.807) is 42.7 Å². The van der Waals surface area contributed by atoms with Crippen LogP contribution in [0.2, 0.25) is 0 Å². The van der Waals surface area contributed by atoms with Gasteiger partial charge in [0.15, 0.2) is 4.80 Å². The Hall–Kier alpha value is -3.17. The van der Waals surface area contributed by atoms with Gasteiger partial charge in [-0.1, -0.05) is 29.5 Å². The molecule has 182 valence electrons. The summed E-state index contributed by atoms with van der Waals surface area (Å²) in [6, 6.07) is 11.7. The number of halogens is 1. The summed E-state index contributed by atoms with van der Waals surface area (Å²) < 4.78 is 13.6. The van der Waals surface area contributed by atoms with Gasteiger partial charge in [0.1, 0.15) is 11.5 Å². The van der Waals surface area contributed by atoms with Gasteiger partial charge in [-0.15, -0.1) is 0 Å². The summed E-state index contributed by atoms with van der Waals surface area (Å²) in [6.45, 7) is 7.60. The predicted octanol–water partition coefficient (Wildman–Crippen LogP) is 4.05. The second kappa shape index (κ2) is 10.2. The van der Waals surface area contributed by atoms with Gasteiger partial charge in [-0.05, 0) is 85.1 Å². The number of carbonyl (C=O) groups excluding carboxylic acids is 1. The van der Waals surface area contributed by atoms with Crippen LogP contribution >= 0.6 is 27.3 Å². The van der Waals surface area contributed by atoms with Crippen LogP contribution in [0, 0.1) is 0 Å². The summed E-state index contributed by atoms with van der Waals surface area (Å²) >= 11 is 4.55. The average Bonchev–Trinajstić information content (AvgIpc) is 3.10. The van der Waals surface area contributed by atoms with Crippen molar-refractivity contribution in [2.45, 2.75) is 39.8 Å². The van der Waals surface area contributed by atoms with Crippen LogP contribution in [0.3, 0.4) is 0 Å². The van der Waals surface area contributed by atoms with Crippen molar-refractivity contribution in [1.29, 1.82) is 0 Å². The van der Waals surface area contributed by atoms with Gasteiger partial charge in [0.25, 0.3) is 5.56 Å². The van der Waals surface area contributed by atoms with Gasteiger partial charge < -0.3 is 14.6 Å². The maximum atomic E-state index is 13.6. The van der Waals surface area contributed by atoms with Crippen LogP contribution < -0.4 is 19.6 Å². The largest absolute Gasteiger partial charge is 0.507 e. The van der Waals surface area contributed by atoms with Crippen molar-refractivity contribution in [1.82, 2.24) is 4.57 Å². The molecule has 1 N–H and O–H groups in total. The standard InChI is InChI=1S/C26H25BrN2O5S/c1-5-33-25(32)22-15(4)28-26-29(23(22)17-7-9-18(10-8-17)34-14(2)3)24(31)21(35-26)13-16-6-11-20(30)19(27)12-16/h6-14,23,30H,5H2,1-4H3/b21-13+/t23-/m0/s1. The minimum atomic E-state index is -0.688. The number of fused-ring (bicyclic) bond motifs is 1. The number of allylic oxidation sites excluding steroid dienone is 1. The number of hydrogen-bond donors (Lipinski definition) is 1. The molecule has 35 heavy (non-hydrogen) atoms. The van der Waals surface area contributed by atoms with E-state index in [-0.39, 0.29) is 24.0 Å². The minimum Gasteiger partial charge on any atom is -0.507 e. The molecule has 0 unspecified atom stereocenters. The number of rotatable bonds is 6. The van der Waals surface area contributed by atoms with Crippen LogP contribution in [-0.4, -0.2) is 28.4 Å². The molecular formula is C26H25BrN2O5S. The number of aromatic hydroxyl groups is 1. The Morgan fingerprint density at radius 2 is 1.97 bits per heavy atom. The van der Waals surface area contributed by atoms with Gasteiger partial charge in [0.05, 0.1) is 39.0 Å². The Morgan fingerprint density at radius 3 is 2.60 bits per heavy atom. The van der Waals surface area contributed by atoms with Crippen molar-refractivity contribution < 1.29 is 19.4 Å². The van der Waals surface area contributed by atoms with Crippen LogP contribution in [0.5, 0.6) is 11.5 Å². The predicted molar refractivity (Wildman–Crippen MR) is 138 cm³/mol. The van der Waals surface area contributed by atoms with Crippen LogP contribution in [0.15, 0.2) is 68.0 Å². The Balaban J connectivity index is 1.89. The monoisotopic (exact) mass is 556 g/mol. The number of hydrogen-bond acceptors (Lipinski definition) is 7. The quantitative estimate of drug-likeness (QED) is 0.462. The van der Waals surface area contributed by atoms with E-state index < -0.39 is 12.0 Å². The first-order valence-corrected chi connectivity index (χ1v) is 12.7. The summed E-state index contributed by atoms with van der Waals surface area (Å²) in [5.41, 5.74) is 2.07. The lowest BCUT2D eigenvalue weighted by Crippen LogP contribution is -2.39. The number of phenolic OH excluding ortho intramolecular Hbond substituents is 1. The van der Waals surface area contributed by atoms with Crippen molar-refractivity contribution in [3.05, 3.63) is 89.0 Å². The molecule has 9 heteroatoms. The van der Waals surface area contributed by atoms with E-state index in [2.05, 4.69) is 20.9 Å². The van der Waals surface area contributed by atoms with E-state index >= 15 is 0 Å². The van der Waals surface area contributed by atoms with Crippen LogP contribution in [-0.2, 0) is 9.53 Å². The Morgan fingerprint density at radius 1 is 1.26 bits per heavy atom. The van der Waals surface area contributed by atoms with Gasteiger partial charge >= 0.3 is 5.97 Å². The number of ether oxygens (including phenoxy) is 2. The molecule has 0 bridgehead atoms. The Bertz CT molecular complexity index is 1490. The molecule has 0 amide bonds. The average molecular weight is 557 g/mol. The fourth-order valence-electron chi connectivity index (χ4n) is 3.87. The maximum absolute atomic E-state index is 13.6. The Kier molecular flexibility index (Phi) is 7.28. The highest BCUT2D eigenvalue weighted by atomic mass is 79.9. The smallest absolute Gasteiger partial charge is 0.338 e. The third-order valence-corrected chi connectivity index (χ3v) is 6.97. The normalized spacial score (nSPS) is 15.7. The van der Waals surface area contributed by atoms with Gasteiger partial charge in [0, 0.05) is 0 Å². The first-order chi connectivity index (χ1) is 16.7. The van der Waals surface area contributed by atoms with Gasteiger partial charge in [0.2, 0.25) is 0 Å². The summed E-state index contributed by atoms with van der Waals surface area (Å²) in [4.78, 5) is 31.7. The summed E-state index contributed by atoms with van der Waals surface area (Å²) in [5.74, 6) is 0.314. The number of nitrogens with zero attached hydrogens (tertiary/aromatic N) is 2. The molecule has 7 nitrogen and oxygen atoms in total. The number of aromatic nitrogens is 1. The molecule has 1 aliphatic heterocycles. The number of esters is 1. The van der Waals surface area contributed by atoms with Crippen molar-refractivity contribution in [2.75, 3.05) is 6.61 Å². The van der Waals surface area contributed by atoms with Gasteiger partial charge in [-0.2, -0.15) is 0 Å². The topological polar surface area (TPSA) is 90.1 Å². The third-order valence-electron chi connectivity index (χ3n) is 5.35. The molecule has 0 saturated heterocycles. The number of thiazole rings is 1. The molecule has 1 aromatic heterocycles. The zero-order valence-electron chi connectivity index (χ0n) is 19.7. The molecule has 4 rings (SSSR count). The van der Waals surface area contributed by atoms with Gasteiger partial charge in [-0.25, -0.2) is 9.79 Å². The van der Waals surface area contributed by atoms with Crippen LogP contribution in [0.1, 0.15) is 44.9 Å². The molecule has 0 aliphatic carbocycles. The zero-order chi connectivity index (χ0) is 25.3. The molecule has 0 radical (unpaired) electrons. The lowest BCUT2D eigenvalue weighted by atomic mass is 9.96.